The maximum Gasteiger partial charge on any atom is 0.305 e. The van der Waals surface area contributed by atoms with Gasteiger partial charge in [0.2, 0.25) is 0 Å². The monoisotopic (exact) mass is 1390 g/mol. The molecule has 4 aliphatic heterocycles. The van der Waals surface area contributed by atoms with Crippen molar-refractivity contribution in [3.05, 3.63) is 230 Å². The molecule has 1 spiro atoms. The number of H-pyrrole nitrogens is 4. The minimum Gasteiger partial charge on any atom is -0.469 e. The number of rotatable bonds is 15. The standard InChI is InChI=1S/C86H86N8O10/c1-15-50-44(3)63-36-65-46(5)52(25-29-79(95)101-11)69(87-65)39-71-54(27-31-81(97)103-13)48(7)67(89-71)38-75-61(84(9,99)76(93-75)42-73(50)90-63)35-62-83-59-24-20-19-22-57(59)56-21-17-18-23-58(56)60(83)33-34-86(62)78-41-68-49(8)55(28-32-82(98)104-14)72(92-68)40-70-53(26-30-80(96)102-12)47(6)66(88-70)37-64-45(4)51(16-2)74(91-64)43-77(94-78)85(86,10)100/h15-24,33-43,60,62,83,89-92,99-100H,1-2,25-32H2,3-14H3. The molecule has 6 N–H and O–H groups in total. The number of carbonyl (C=O) groups is 4. The Labute approximate surface area is 603 Å². The van der Waals surface area contributed by atoms with E-state index < -0.39 is 28.5 Å². The molecule has 0 saturated carbocycles. The van der Waals surface area contributed by atoms with Crippen LogP contribution in [-0.2, 0) is 67.6 Å². The average Bonchev–Trinajstić information content (AvgIpc) is 1.44. The van der Waals surface area contributed by atoms with Gasteiger partial charge < -0.3 is 49.1 Å². The lowest BCUT2D eigenvalue weighted by molar-refractivity contribution is -0.141. The van der Waals surface area contributed by atoms with Gasteiger partial charge in [-0.3, -0.25) is 24.2 Å². The number of hydrogen-bond donors (Lipinski definition) is 6. The van der Waals surface area contributed by atoms with Crippen LogP contribution in [-0.4, -0.2) is 102 Å². The average molecular weight is 1390 g/mol. The Kier molecular flexibility index (Phi) is 18.1. The van der Waals surface area contributed by atoms with E-state index in [9.17, 15) is 29.4 Å². The largest absolute Gasteiger partial charge is 0.469 e. The second-order valence-corrected chi connectivity index (χ2v) is 28.4. The molecule has 6 unspecified atom stereocenters. The van der Waals surface area contributed by atoms with Crippen LogP contribution in [0.1, 0.15) is 179 Å². The molecule has 6 aromatic heterocycles. The second kappa shape index (κ2) is 26.9. The van der Waals surface area contributed by atoms with Gasteiger partial charge in [-0.15, -0.1) is 0 Å². The highest BCUT2D eigenvalue weighted by molar-refractivity contribution is 5.97. The van der Waals surface area contributed by atoms with E-state index in [0.29, 0.717) is 110 Å². The van der Waals surface area contributed by atoms with E-state index in [1.54, 1.807) is 19.1 Å². The third-order valence-corrected chi connectivity index (χ3v) is 22.9. The molecule has 10 heterocycles. The van der Waals surface area contributed by atoms with Crippen LogP contribution >= 0.6 is 0 Å². The first kappa shape index (κ1) is 70.0. The lowest BCUT2D eigenvalue weighted by Crippen LogP contribution is -2.52. The van der Waals surface area contributed by atoms with Crippen LogP contribution in [0.2, 0.25) is 0 Å². The highest BCUT2D eigenvalue weighted by Crippen LogP contribution is 2.65. The Morgan fingerprint density at radius 2 is 0.894 bits per heavy atom. The number of allylic oxidation sites excluding steroid dienone is 6. The van der Waals surface area contributed by atoms with Gasteiger partial charge in [0.1, 0.15) is 11.2 Å². The third kappa shape index (κ3) is 11.6. The number of aliphatic hydroxyl groups is 2. The molecular formula is C86H86N8O10. The number of aryl methyl sites for hydroxylation is 6. The van der Waals surface area contributed by atoms with E-state index in [0.717, 1.165) is 100 Å². The van der Waals surface area contributed by atoms with E-state index in [2.05, 4.69) is 99.9 Å². The summed E-state index contributed by atoms with van der Waals surface area (Å²) in [5.74, 6) is -3.00. The summed E-state index contributed by atoms with van der Waals surface area (Å²) in [5, 5.41) is 29.0. The fourth-order valence-electron chi connectivity index (χ4n) is 16.9. The van der Waals surface area contributed by atoms with Gasteiger partial charge in [0.25, 0.3) is 0 Å². The number of benzene rings is 2. The van der Waals surface area contributed by atoms with Crippen LogP contribution in [0.4, 0.5) is 0 Å². The van der Waals surface area contributed by atoms with Crippen molar-refractivity contribution in [1.29, 1.82) is 0 Å². The molecular weight excluding hydrogens is 1300 g/mol. The zero-order chi connectivity index (χ0) is 73.6. The molecule has 530 valence electrons. The van der Waals surface area contributed by atoms with E-state index in [1.807, 2.05) is 97.0 Å². The lowest BCUT2D eigenvalue weighted by atomic mass is 9.50. The van der Waals surface area contributed by atoms with Gasteiger partial charge in [-0.25, -0.2) is 15.0 Å². The van der Waals surface area contributed by atoms with Gasteiger partial charge in [-0.1, -0.05) is 92.1 Å². The Bertz CT molecular complexity index is 5530. The van der Waals surface area contributed by atoms with Crippen molar-refractivity contribution in [3.8, 4) is 11.1 Å². The number of methoxy groups -OCH3 is 4. The molecule has 8 aromatic rings. The van der Waals surface area contributed by atoms with Crippen LogP contribution in [0, 0.1) is 33.6 Å². The number of nitrogens with one attached hydrogen (secondary N) is 4. The number of nitrogens with zero attached hydrogens (tertiary/aromatic N) is 4. The first-order valence-electron chi connectivity index (χ1n) is 35.4. The maximum atomic E-state index is 14.8. The Balaban J connectivity index is 1.11. The minimum atomic E-state index is -1.87. The van der Waals surface area contributed by atoms with E-state index >= 15 is 0 Å². The number of fused-ring (bicyclic) bond motifs is 23. The van der Waals surface area contributed by atoms with Crippen molar-refractivity contribution in [3.63, 3.8) is 0 Å². The number of carbonyl (C=O) groups excluding carboxylic acids is 4. The van der Waals surface area contributed by atoms with Crippen LogP contribution in [0.15, 0.2) is 128 Å². The van der Waals surface area contributed by atoms with Gasteiger partial charge in [-0.2, -0.15) is 0 Å². The Morgan fingerprint density at radius 3 is 1.39 bits per heavy atom. The number of ether oxygens (including phenoxy) is 4. The molecule has 6 atom stereocenters. The van der Waals surface area contributed by atoms with Crippen molar-refractivity contribution in [2.45, 2.75) is 135 Å². The summed E-state index contributed by atoms with van der Waals surface area (Å²) < 4.78 is 20.8. The van der Waals surface area contributed by atoms with Crippen molar-refractivity contribution in [1.82, 2.24) is 39.9 Å². The number of aromatic nitrogens is 8. The summed E-state index contributed by atoms with van der Waals surface area (Å²) in [4.78, 5) is 88.9. The van der Waals surface area contributed by atoms with Crippen molar-refractivity contribution in [2.75, 3.05) is 28.4 Å². The van der Waals surface area contributed by atoms with Crippen LogP contribution in [0.25, 0.3) is 95.3 Å². The summed E-state index contributed by atoms with van der Waals surface area (Å²) in [5.41, 5.74) is 19.4. The predicted molar refractivity (Wildman–Crippen MR) is 408 cm³/mol. The Morgan fingerprint density at radius 1 is 0.481 bits per heavy atom. The molecule has 14 rings (SSSR count). The zero-order valence-corrected chi connectivity index (χ0v) is 60.9. The quantitative estimate of drug-likeness (QED) is 0.0317. The molecule has 18 nitrogen and oxygen atoms in total. The summed E-state index contributed by atoms with van der Waals surface area (Å²) in [6, 6.07) is 32.7. The van der Waals surface area contributed by atoms with Gasteiger partial charge in [0, 0.05) is 104 Å². The van der Waals surface area contributed by atoms with Gasteiger partial charge in [-0.05, 0) is 208 Å². The molecule has 0 saturated heterocycles. The van der Waals surface area contributed by atoms with Crippen molar-refractivity contribution < 1.29 is 48.3 Å². The molecule has 18 heteroatoms. The van der Waals surface area contributed by atoms with Gasteiger partial charge in [0.15, 0.2) is 0 Å². The van der Waals surface area contributed by atoms with E-state index in [1.165, 1.54) is 28.4 Å². The zero-order valence-electron chi connectivity index (χ0n) is 60.9. The summed E-state index contributed by atoms with van der Waals surface area (Å²) in [6.07, 6.45) is 11.8. The normalized spacial score (nSPS) is 20.5. The fraction of sp³-hybridized carbons (Fsp3) is 0.302. The molecule has 6 aliphatic rings. The molecule has 2 aliphatic carbocycles. The first-order valence-corrected chi connectivity index (χ1v) is 35.4. The van der Waals surface area contributed by atoms with Crippen molar-refractivity contribution >= 4 is 108 Å². The minimum absolute atomic E-state index is 0.0722. The van der Waals surface area contributed by atoms with Gasteiger partial charge >= 0.3 is 23.9 Å². The summed E-state index contributed by atoms with van der Waals surface area (Å²) >= 11 is 0. The SMILES string of the molecule is C=Cc1c(C)c2cc3nc(cc4[nH]c(cc5nc(cc1[nH]2)C(C)(O)C5=CC1C2c5ccccc5-c5ccccc5C2C=CC12c1cc5[nH]c(cc6nc(cc7[nH]c(cc(n1)C2(C)O)c(C=C)c7C)C(C)=C6CCC(=O)OC)c(CCC(=O)OC)c5C)c(C)c4CCC(=O)OC)C(CCC(=O)OC)=C3C. The molecule has 16 bridgehead atoms. The summed E-state index contributed by atoms with van der Waals surface area (Å²) in [7, 11) is 5.52. The molecule has 0 amide bonds. The highest BCUT2D eigenvalue weighted by Gasteiger charge is 2.63. The summed E-state index contributed by atoms with van der Waals surface area (Å²) in [6.45, 7) is 24.3. The number of hydrogen-bond acceptors (Lipinski definition) is 14. The van der Waals surface area contributed by atoms with Crippen molar-refractivity contribution in [2.24, 2.45) is 5.92 Å². The fourth-order valence-corrected chi connectivity index (χ4v) is 16.9. The van der Waals surface area contributed by atoms with Crippen LogP contribution < -0.4 is 0 Å². The van der Waals surface area contributed by atoms with Crippen LogP contribution in [0.5, 0.6) is 0 Å². The molecule has 0 fully saturated rings. The molecule has 0 radical (unpaired) electrons. The van der Waals surface area contributed by atoms with Gasteiger partial charge in [0.05, 0.1) is 79.4 Å². The lowest BCUT2D eigenvalue weighted by Gasteiger charge is -2.52. The third-order valence-electron chi connectivity index (χ3n) is 22.9. The van der Waals surface area contributed by atoms with E-state index in [-0.39, 0.29) is 55.5 Å². The van der Waals surface area contributed by atoms with E-state index in [4.69, 9.17) is 38.9 Å². The highest BCUT2D eigenvalue weighted by atomic mass is 16.5. The second-order valence-electron chi connectivity index (χ2n) is 28.4. The number of esters is 4. The first-order chi connectivity index (χ1) is 49.9. The van der Waals surface area contributed by atoms with Crippen LogP contribution in [0.3, 0.4) is 0 Å². The topological polar surface area (TPSA) is 260 Å². The number of aromatic amines is 4. The smallest absolute Gasteiger partial charge is 0.305 e. The maximum absolute atomic E-state index is 14.8. The predicted octanol–water partition coefficient (Wildman–Crippen LogP) is 16.3. The Hall–Kier alpha value is -11.1. The molecule has 2 aromatic carbocycles. The molecule has 104 heavy (non-hydrogen) atoms.